The standard InChI is InChI=1S/C13H20F2N2/c1-3-17(4-2)11-7-5-10(6-8-11)12(16)9-13(14)15/h5-8,12-13H,3-4,9,16H2,1-2H3/t12-/m0/s1. The van der Waals surface area contributed by atoms with Gasteiger partial charge in [-0.1, -0.05) is 12.1 Å². The molecule has 0 spiro atoms. The van der Waals surface area contributed by atoms with Crippen molar-refractivity contribution < 1.29 is 8.78 Å². The van der Waals surface area contributed by atoms with Gasteiger partial charge in [-0.05, 0) is 31.5 Å². The topological polar surface area (TPSA) is 29.3 Å². The highest BCUT2D eigenvalue weighted by atomic mass is 19.3. The molecule has 4 heteroatoms. The van der Waals surface area contributed by atoms with E-state index >= 15 is 0 Å². The summed E-state index contributed by atoms with van der Waals surface area (Å²) in [6, 6.07) is 6.96. The number of alkyl halides is 2. The first-order chi connectivity index (χ1) is 8.08. The van der Waals surface area contributed by atoms with E-state index in [1.165, 1.54) is 0 Å². The van der Waals surface area contributed by atoms with E-state index in [2.05, 4.69) is 18.7 Å². The Bertz CT molecular complexity index is 321. The maximum absolute atomic E-state index is 12.2. The molecule has 0 bridgehead atoms. The van der Waals surface area contributed by atoms with Crippen LogP contribution in [0.5, 0.6) is 0 Å². The fourth-order valence-electron chi connectivity index (χ4n) is 1.85. The molecule has 96 valence electrons. The summed E-state index contributed by atoms with van der Waals surface area (Å²) in [5, 5.41) is 0. The number of rotatable bonds is 6. The number of anilines is 1. The third-order valence-corrected chi connectivity index (χ3v) is 2.88. The molecular weight excluding hydrogens is 222 g/mol. The molecule has 0 fully saturated rings. The molecule has 17 heavy (non-hydrogen) atoms. The van der Waals surface area contributed by atoms with Gasteiger partial charge in [-0.25, -0.2) is 8.78 Å². The predicted molar refractivity (Wildman–Crippen MR) is 67.6 cm³/mol. The summed E-state index contributed by atoms with van der Waals surface area (Å²) >= 11 is 0. The summed E-state index contributed by atoms with van der Waals surface area (Å²) in [4.78, 5) is 2.20. The SMILES string of the molecule is CCN(CC)c1ccc([C@@H](N)CC(F)F)cc1. The highest BCUT2D eigenvalue weighted by Crippen LogP contribution is 2.21. The van der Waals surface area contributed by atoms with E-state index in [9.17, 15) is 8.78 Å². The van der Waals surface area contributed by atoms with Crippen molar-refractivity contribution in [3.8, 4) is 0 Å². The van der Waals surface area contributed by atoms with Crippen LogP contribution in [-0.4, -0.2) is 19.5 Å². The molecule has 0 aromatic heterocycles. The number of nitrogens with two attached hydrogens (primary N) is 1. The average molecular weight is 242 g/mol. The Morgan fingerprint density at radius 2 is 1.65 bits per heavy atom. The van der Waals surface area contributed by atoms with Crippen molar-refractivity contribution in [3.05, 3.63) is 29.8 Å². The molecule has 0 aliphatic heterocycles. The van der Waals surface area contributed by atoms with Crippen LogP contribution >= 0.6 is 0 Å². The second-order valence-corrected chi connectivity index (χ2v) is 4.00. The zero-order valence-electron chi connectivity index (χ0n) is 10.4. The van der Waals surface area contributed by atoms with E-state index < -0.39 is 12.5 Å². The van der Waals surface area contributed by atoms with E-state index in [0.717, 1.165) is 24.3 Å². The lowest BCUT2D eigenvalue weighted by atomic mass is 10.0. The molecule has 0 aliphatic rings. The van der Waals surface area contributed by atoms with Gasteiger partial charge in [0.15, 0.2) is 0 Å². The minimum absolute atomic E-state index is 0.287. The summed E-state index contributed by atoms with van der Waals surface area (Å²) in [5.41, 5.74) is 7.56. The van der Waals surface area contributed by atoms with Gasteiger partial charge in [0.05, 0.1) is 0 Å². The first-order valence-electron chi connectivity index (χ1n) is 5.97. The third kappa shape index (κ3) is 3.97. The van der Waals surface area contributed by atoms with Crippen molar-refractivity contribution in [2.75, 3.05) is 18.0 Å². The monoisotopic (exact) mass is 242 g/mol. The van der Waals surface area contributed by atoms with E-state index in [4.69, 9.17) is 5.73 Å². The molecule has 0 unspecified atom stereocenters. The second-order valence-electron chi connectivity index (χ2n) is 4.00. The lowest BCUT2D eigenvalue weighted by Crippen LogP contribution is -2.22. The molecule has 1 aromatic carbocycles. The maximum atomic E-state index is 12.2. The Labute approximate surface area is 101 Å². The maximum Gasteiger partial charge on any atom is 0.240 e. The van der Waals surface area contributed by atoms with Gasteiger partial charge in [-0.2, -0.15) is 0 Å². The summed E-state index contributed by atoms with van der Waals surface area (Å²) in [6.07, 6.45) is -2.64. The Morgan fingerprint density at radius 1 is 1.12 bits per heavy atom. The van der Waals surface area contributed by atoms with Crippen molar-refractivity contribution in [3.63, 3.8) is 0 Å². The fraction of sp³-hybridized carbons (Fsp3) is 0.538. The summed E-state index contributed by atoms with van der Waals surface area (Å²) in [7, 11) is 0. The van der Waals surface area contributed by atoms with Crippen molar-refractivity contribution in [1.29, 1.82) is 0 Å². The van der Waals surface area contributed by atoms with Crippen LogP contribution in [0.3, 0.4) is 0 Å². The molecule has 0 radical (unpaired) electrons. The van der Waals surface area contributed by atoms with Crippen molar-refractivity contribution >= 4 is 5.69 Å². The van der Waals surface area contributed by atoms with E-state index in [-0.39, 0.29) is 6.42 Å². The Kier molecular flexibility index (Phi) is 5.35. The van der Waals surface area contributed by atoms with Crippen LogP contribution in [0.1, 0.15) is 31.9 Å². The van der Waals surface area contributed by atoms with Crippen LogP contribution in [0, 0.1) is 0 Å². The van der Waals surface area contributed by atoms with Crippen LogP contribution in [-0.2, 0) is 0 Å². The van der Waals surface area contributed by atoms with Gasteiger partial charge in [0.1, 0.15) is 0 Å². The van der Waals surface area contributed by atoms with E-state index in [1.807, 2.05) is 24.3 Å². The van der Waals surface area contributed by atoms with Crippen molar-refractivity contribution in [2.24, 2.45) is 5.73 Å². The molecule has 0 saturated carbocycles. The van der Waals surface area contributed by atoms with Gasteiger partial charge in [-0.3, -0.25) is 0 Å². The lowest BCUT2D eigenvalue weighted by Gasteiger charge is -2.21. The highest BCUT2D eigenvalue weighted by molar-refractivity contribution is 5.47. The van der Waals surface area contributed by atoms with E-state index in [0.29, 0.717) is 0 Å². The first kappa shape index (κ1) is 13.9. The highest BCUT2D eigenvalue weighted by Gasteiger charge is 2.13. The zero-order valence-corrected chi connectivity index (χ0v) is 10.4. The summed E-state index contributed by atoms with van der Waals surface area (Å²) < 4.78 is 24.4. The van der Waals surface area contributed by atoms with Gasteiger partial charge in [0.25, 0.3) is 0 Å². The molecule has 2 nitrogen and oxygen atoms in total. The minimum Gasteiger partial charge on any atom is -0.372 e. The minimum atomic E-state index is -2.35. The quantitative estimate of drug-likeness (QED) is 0.830. The zero-order chi connectivity index (χ0) is 12.8. The number of halogens is 2. The molecular formula is C13H20F2N2. The van der Waals surface area contributed by atoms with Crippen LogP contribution in [0.15, 0.2) is 24.3 Å². The van der Waals surface area contributed by atoms with Gasteiger partial charge < -0.3 is 10.6 Å². The van der Waals surface area contributed by atoms with Crippen LogP contribution in [0.25, 0.3) is 0 Å². The summed E-state index contributed by atoms with van der Waals surface area (Å²) in [5.74, 6) is 0. The molecule has 0 aliphatic carbocycles. The van der Waals surface area contributed by atoms with Crippen molar-refractivity contribution in [1.82, 2.24) is 0 Å². The third-order valence-electron chi connectivity index (χ3n) is 2.88. The first-order valence-corrected chi connectivity index (χ1v) is 5.97. The molecule has 0 amide bonds. The average Bonchev–Trinajstić information content (AvgIpc) is 2.30. The van der Waals surface area contributed by atoms with Crippen LogP contribution in [0.2, 0.25) is 0 Å². The van der Waals surface area contributed by atoms with Gasteiger partial charge in [0, 0.05) is 31.2 Å². The normalized spacial score (nSPS) is 12.8. The van der Waals surface area contributed by atoms with E-state index in [1.54, 1.807) is 0 Å². The number of hydrogen-bond acceptors (Lipinski definition) is 2. The predicted octanol–water partition coefficient (Wildman–Crippen LogP) is 3.19. The molecule has 1 atom stereocenters. The molecule has 0 saturated heterocycles. The Hall–Kier alpha value is -1.16. The van der Waals surface area contributed by atoms with Crippen LogP contribution in [0.4, 0.5) is 14.5 Å². The van der Waals surface area contributed by atoms with Gasteiger partial charge in [0.2, 0.25) is 6.43 Å². The largest absolute Gasteiger partial charge is 0.372 e. The summed E-state index contributed by atoms with van der Waals surface area (Å²) in [6.45, 7) is 6.03. The number of nitrogens with zero attached hydrogens (tertiary/aromatic N) is 1. The molecule has 1 rings (SSSR count). The molecule has 2 N–H and O–H groups in total. The van der Waals surface area contributed by atoms with Crippen molar-refractivity contribution in [2.45, 2.75) is 32.7 Å². The smallest absolute Gasteiger partial charge is 0.240 e. The van der Waals surface area contributed by atoms with Gasteiger partial charge in [-0.15, -0.1) is 0 Å². The number of hydrogen-bond donors (Lipinski definition) is 1. The second kappa shape index (κ2) is 6.55. The molecule has 1 aromatic rings. The Morgan fingerprint density at radius 3 is 2.06 bits per heavy atom. The lowest BCUT2D eigenvalue weighted by molar-refractivity contribution is 0.128. The van der Waals surface area contributed by atoms with Crippen LogP contribution < -0.4 is 10.6 Å². The van der Waals surface area contributed by atoms with Gasteiger partial charge >= 0.3 is 0 Å². The fourth-order valence-corrected chi connectivity index (χ4v) is 1.85. The Balaban J connectivity index is 2.73. The molecule has 0 heterocycles. The number of benzene rings is 1.